The van der Waals surface area contributed by atoms with Gasteiger partial charge in [-0.2, -0.15) is 0 Å². The molecule has 0 spiro atoms. The van der Waals surface area contributed by atoms with Crippen LogP contribution < -0.4 is 10.2 Å². The molecule has 0 aliphatic carbocycles. The number of imide groups is 1. The van der Waals surface area contributed by atoms with E-state index >= 15 is 0 Å². The number of nitrogens with one attached hydrogen (secondary N) is 1. The van der Waals surface area contributed by atoms with Crippen LogP contribution in [-0.2, 0) is 27.5 Å². The first-order valence-electron chi connectivity index (χ1n) is 17.9. The normalized spacial score (nSPS) is 17.4. The lowest BCUT2D eigenvalue weighted by Crippen LogP contribution is -2.52. The number of carboxylic acid groups (broad SMARTS) is 1. The Morgan fingerprint density at radius 3 is 2.33 bits per heavy atom. The SMILES string of the molecule is CC(C)c1cc(-c2nnc(O)n2-c2ccc(CN3CCN(C(=O)CN(C(=O)O)c4cccc5c4CN(C4CCC(=O)NC4=O)C5=O)CC3)cc2)c(O)cc1O. The molecule has 17 nitrogen and oxygen atoms in total. The average Bonchev–Trinajstić information content (AvgIpc) is 3.70. The molecule has 1 unspecified atom stereocenters. The number of carbonyl (C=O) groups is 5. The molecule has 5 N–H and O–H groups in total. The number of anilines is 1. The maximum absolute atomic E-state index is 13.5. The maximum Gasteiger partial charge on any atom is 0.412 e. The van der Waals surface area contributed by atoms with Crippen LogP contribution in [0.2, 0.25) is 0 Å². The molecule has 286 valence electrons. The number of piperidine rings is 1. The first-order chi connectivity index (χ1) is 26.3. The predicted octanol–water partition coefficient (Wildman–Crippen LogP) is 2.76. The second kappa shape index (κ2) is 14.7. The summed E-state index contributed by atoms with van der Waals surface area (Å²) in [6.07, 6.45) is -1.10. The number of piperazine rings is 1. The van der Waals surface area contributed by atoms with Crippen molar-refractivity contribution in [3.8, 4) is 34.6 Å². The summed E-state index contributed by atoms with van der Waals surface area (Å²) >= 11 is 0. The second-order valence-electron chi connectivity index (χ2n) is 14.1. The van der Waals surface area contributed by atoms with Crippen molar-refractivity contribution in [2.75, 3.05) is 37.6 Å². The molecule has 2 fully saturated rings. The summed E-state index contributed by atoms with van der Waals surface area (Å²) in [4.78, 5) is 69.5. The van der Waals surface area contributed by atoms with E-state index in [0.717, 1.165) is 10.5 Å². The van der Waals surface area contributed by atoms with Gasteiger partial charge in [0.05, 0.1) is 16.9 Å². The summed E-state index contributed by atoms with van der Waals surface area (Å²) in [5, 5.41) is 51.8. The largest absolute Gasteiger partial charge is 0.508 e. The summed E-state index contributed by atoms with van der Waals surface area (Å²) in [6.45, 7) is 5.69. The highest BCUT2D eigenvalue weighted by atomic mass is 16.4. The van der Waals surface area contributed by atoms with Gasteiger partial charge in [-0.15, -0.1) is 5.10 Å². The Hall–Kier alpha value is -6.49. The first-order valence-corrected chi connectivity index (χ1v) is 17.9. The van der Waals surface area contributed by atoms with Crippen molar-refractivity contribution < 1.29 is 44.4 Å². The van der Waals surface area contributed by atoms with Crippen molar-refractivity contribution in [1.29, 1.82) is 0 Å². The monoisotopic (exact) mass is 752 g/mol. The zero-order valence-electron chi connectivity index (χ0n) is 30.2. The van der Waals surface area contributed by atoms with E-state index in [1.165, 1.54) is 21.6 Å². The van der Waals surface area contributed by atoms with E-state index in [2.05, 4.69) is 20.4 Å². The van der Waals surface area contributed by atoms with E-state index in [0.29, 0.717) is 55.1 Å². The van der Waals surface area contributed by atoms with Crippen LogP contribution in [-0.4, -0.2) is 118 Å². The van der Waals surface area contributed by atoms with E-state index in [1.54, 1.807) is 35.2 Å². The molecular weight excluding hydrogens is 712 g/mol. The molecule has 0 saturated carbocycles. The van der Waals surface area contributed by atoms with Crippen LogP contribution in [0.1, 0.15) is 59.7 Å². The number of carbonyl (C=O) groups excluding carboxylic acids is 4. The van der Waals surface area contributed by atoms with E-state index in [-0.39, 0.29) is 65.8 Å². The highest BCUT2D eigenvalue weighted by Gasteiger charge is 2.41. The first kappa shape index (κ1) is 36.9. The number of phenolic OH excluding ortho intramolecular Hbond substituents is 2. The van der Waals surface area contributed by atoms with Gasteiger partial charge in [-0.05, 0) is 53.8 Å². The quantitative estimate of drug-likeness (QED) is 0.156. The molecule has 4 aromatic rings. The van der Waals surface area contributed by atoms with Crippen LogP contribution in [0.15, 0.2) is 54.6 Å². The van der Waals surface area contributed by atoms with E-state index in [1.807, 2.05) is 26.0 Å². The highest BCUT2D eigenvalue weighted by molar-refractivity contribution is 6.07. The summed E-state index contributed by atoms with van der Waals surface area (Å²) in [6, 6.07) is 13.6. The Balaban J connectivity index is 0.981. The van der Waals surface area contributed by atoms with Crippen LogP contribution in [0, 0.1) is 0 Å². The van der Waals surface area contributed by atoms with Gasteiger partial charge in [0.2, 0.25) is 17.7 Å². The molecule has 5 amide bonds. The highest BCUT2D eigenvalue weighted by Crippen LogP contribution is 2.39. The zero-order chi connectivity index (χ0) is 39.1. The van der Waals surface area contributed by atoms with E-state index in [4.69, 9.17) is 0 Å². The number of aromatic hydroxyl groups is 3. The fourth-order valence-electron chi connectivity index (χ4n) is 7.40. The molecule has 7 rings (SSSR count). The third-order valence-electron chi connectivity index (χ3n) is 10.4. The number of phenols is 2. The molecule has 0 bridgehead atoms. The van der Waals surface area contributed by atoms with Gasteiger partial charge < -0.3 is 30.2 Å². The smallest absolute Gasteiger partial charge is 0.412 e. The Morgan fingerprint density at radius 2 is 1.65 bits per heavy atom. The van der Waals surface area contributed by atoms with Gasteiger partial charge in [0.1, 0.15) is 24.1 Å². The van der Waals surface area contributed by atoms with Crippen molar-refractivity contribution >= 4 is 35.4 Å². The third-order valence-corrected chi connectivity index (χ3v) is 10.4. The third kappa shape index (κ3) is 7.13. The Labute approximate surface area is 315 Å². The summed E-state index contributed by atoms with van der Waals surface area (Å²) in [5.41, 5.74) is 3.26. The number of amides is 5. The predicted molar refractivity (Wildman–Crippen MR) is 196 cm³/mol. The number of nitrogens with zero attached hydrogens (tertiary/aromatic N) is 7. The van der Waals surface area contributed by atoms with Crippen LogP contribution in [0.4, 0.5) is 10.5 Å². The van der Waals surface area contributed by atoms with E-state index < -0.39 is 36.4 Å². The lowest BCUT2D eigenvalue weighted by molar-refractivity contribution is -0.137. The topological polar surface area (TPSA) is 222 Å². The molecule has 3 aliphatic heterocycles. The Morgan fingerprint density at radius 1 is 0.927 bits per heavy atom. The van der Waals surface area contributed by atoms with Gasteiger partial charge >= 0.3 is 12.1 Å². The lowest BCUT2D eigenvalue weighted by Gasteiger charge is -2.35. The number of hydrogen-bond acceptors (Lipinski definition) is 11. The summed E-state index contributed by atoms with van der Waals surface area (Å²) in [5.74, 6) is -1.90. The van der Waals surface area contributed by atoms with Crippen LogP contribution >= 0.6 is 0 Å². The minimum absolute atomic E-state index is 0.0308. The summed E-state index contributed by atoms with van der Waals surface area (Å²) < 4.78 is 1.40. The van der Waals surface area contributed by atoms with Crippen molar-refractivity contribution in [3.05, 3.63) is 76.9 Å². The lowest BCUT2D eigenvalue weighted by atomic mass is 9.98. The molecule has 1 atom stereocenters. The van der Waals surface area contributed by atoms with Crippen molar-refractivity contribution in [3.63, 3.8) is 0 Å². The molecule has 3 aliphatic rings. The molecule has 1 aromatic heterocycles. The van der Waals surface area contributed by atoms with Gasteiger partial charge in [0.25, 0.3) is 5.91 Å². The number of benzene rings is 3. The molecule has 2 saturated heterocycles. The standard InChI is InChI=1S/C38H40N8O9/c1-21(2)25-16-26(31(48)17-30(25)47)34-40-41-37(53)46(34)23-8-6-22(7-9-23)18-42-12-14-43(15-13-42)33(50)20-45(38(54)55)28-5-3-4-24-27(28)19-44(36(24)52)29-10-11-32(49)39-35(29)51/h3-9,16-17,21,29,47-48H,10-15,18-20H2,1-2H3,(H,41,53)(H,54,55)(H,39,49,51). The number of hydrogen-bond donors (Lipinski definition) is 5. The number of aromatic nitrogens is 3. The Kier molecular flexibility index (Phi) is 9.87. The van der Waals surface area contributed by atoms with Crippen molar-refractivity contribution in [1.82, 2.24) is 34.8 Å². The van der Waals surface area contributed by atoms with Gasteiger partial charge in [-0.3, -0.25) is 34.3 Å². The second-order valence-corrected chi connectivity index (χ2v) is 14.1. The average molecular weight is 753 g/mol. The van der Waals surface area contributed by atoms with Gasteiger partial charge in [-0.25, -0.2) is 9.36 Å². The molecule has 4 heterocycles. The fourth-order valence-corrected chi connectivity index (χ4v) is 7.40. The Bertz CT molecular complexity index is 2190. The maximum atomic E-state index is 13.5. The van der Waals surface area contributed by atoms with Gasteiger partial charge in [0, 0.05) is 62.9 Å². The zero-order valence-corrected chi connectivity index (χ0v) is 30.2. The van der Waals surface area contributed by atoms with Crippen LogP contribution in [0.25, 0.3) is 17.1 Å². The van der Waals surface area contributed by atoms with Crippen molar-refractivity contribution in [2.45, 2.75) is 51.7 Å². The van der Waals surface area contributed by atoms with Crippen LogP contribution in [0.3, 0.4) is 0 Å². The van der Waals surface area contributed by atoms with Gasteiger partial charge in [0.15, 0.2) is 5.82 Å². The fraction of sp³-hybridized carbons (Fsp3) is 0.342. The van der Waals surface area contributed by atoms with E-state index in [9.17, 15) is 44.4 Å². The summed E-state index contributed by atoms with van der Waals surface area (Å²) in [7, 11) is 0. The van der Waals surface area contributed by atoms with Crippen molar-refractivity contribution in [2.24, 2.45) is 0 Å². The molecule has 55 heavy (non-hydrogen) atoms. The number of fused-ring (bicyclic) bond motifs is 1. The molecule has 17 heteroatoms. The number of rotatable bonds is 9. The minimum atomic E-state index is -1.36. The molecular formula is C38H40N8O9. The molecule has 3 aromatic carbocycles. The van der Waals surface area contributed by atoms with Crippen LogP contribution in [0.5, 0.6) is 17.5 Å². The van der Waals surface area contributed by atoms with Gasteiger partial charge in [-0.1, -0.05) is 37.1 Å². The molecule has 0 radical (unpaired) electrons. The minimum Gasteiger partial charge on any atom is -0.508 e.